The number of nitrogens with zero attached hydrogens (tertiary/aromatic N) is 2. The molecule has 0 N–H and O–H groups in total. The highest BCUT2D eigenvalue weighted by Crippen LogP contribution is 2.49. The highest BCUT2D eigenvalue weighted by atomic mass is 15.1. The molecule has 0 radical (unpaired) electrons. The van der Waals surface area contributed by atoms with Gasteiger partial charge in [0.15, 0.2) is 11.0 Å². The molecule has 0 bridgehead atoms. The molecule has 2 aromatic carbocycles. The maximum atomic E-state index is 2.64. The van der Waals surface area contributed by atoms with Crippen molar-refractivity contribution in [2.75, 3.05) is 0 Å². The van der Waals surface area contributed by atoms with E-state index in [1.807, 2.05) is 0 Å². The first kappa shape index (κ1) is 29.9. The minimum Gasteiger partial charge on any atom is -0.229 e. The van der Waals surface area contributed by atoms with E-state index in [1.54, 1.807) is 11.1 Å². The lowest BCUT2D eigenvalue weighted by molar-refractivity contribution is -0.686. The van der Waals surface area contributed by atoms with Crippen molar-refractivity contribution in [1.29, 1.82) is 0 Å². The van der Waals surface area contributed by atoms with Crippen molar-refractivity contribution >= 4 is 11.0 Å². The molecule has 2 atom stereocenters. The first-order valence-electron chi connectivity index (χ1n) is 16.3. The quantitative estimate of drug-likeness (QED) is 0.195. The van der Waals surface area contributed by atoms with Crippen molar-refractivity contribution in [2.24, 2.45) is 11.3 Å². The molecule has 1 aliphatic carbocycles. The number of unbranched alkanes of at least 4 members (excludes halogenated alkanes) is 1. The Morgan fingerprint density at radius 3 is 2.18 bits per heavy atom. The summed E-state index contributed by atoms with van der Waals surface area (Å²) in [7, 11) is 0. The molecule has 3 aromatic rings. The van der Waals surface area contributed by atoms with E-state index in [0.717, 1.165) is 12.5 Å². The minimum atomic E-state index is 0.202. The third-order valence-corrected chi connectivity index (χ3v) is 10.9. The SMILES string of the molecule is CCCCC(C)CCCC1(C)CCC(C)(C)c2cc3c(cc21)[n+](CC(CC)(CC)CC)cn3-c1ccccc1. The van der Waals surface area contributed by atoms with E-state index in [-0.39, 0.29) is 10.8 Å². The lowest BCUT2D eigenvalue weighted by atomic mass is 9.60. The standard InChI is InChI=1S/C37H57N2/c1-9-13-18-29(5)19-17-22-36(8)24-23-35(6,7)31-25-34-33(26-32(31)36)38(27-37(10-2,11-3)12-4)28-39(34)30-20-15-14-16-21-30/h14-16,20-21,25-26,28-29H,9-13,17-19,22-24,27H2,1-8H3/q+1. The highest BCUT2D eigenvalue weighted by Gasteiger charge is 2.41. The van der Waals surface area contributed by atoms with Gasteiger partial charge in [-0.2, -0.15) is 4.57 Å². The largest absolute Gasteiger partial charge is 0.250 e. The van der Waals surface area contributed by atoms with Crippen molar-refractivity contribution in [3.63, 3.8) is 0 Å². The molecule has 1 aliphatic rings. The average molecular weight is 530 g/mol. The van der Waals surface area contributed by atoms with Crippen molar-refractivity contribution in [2.45, 2.75) is 143 Å². The number of hydrogen-bond acceptors (Lipinski definition) is 0. The fourth-order valence-corrected chi connectivity index (χ4v) is 7.35. The summed E-state index contributed by atoms with van der Waals surface area (Å²) in [5.74, 6) is 0.850. The van der Waals surface area contributed by atoms with Crippen LogP contribution in [0.15, 0.2) is 48.8 Å². The van der Waals surface area contributed by atoms with E-state index in [2.05, 4.69) is 113 Å². The minimum absolute atomic E-state index is 0.202. The molecule has 0 aliphatic heterocycles. The van der Waals surface area contributed by atoms with Crippen molar-refractivity contribution in [1.82, 2.24) is 4.57 Å². The van der Waals surface area contributed by atoms with Gasteiger partial charge in [-0.15, -0.1) is 0 Å². The van der Waals surface area contributed by atoms with E-state index in [4.69, 9.17) is 0 Å². The summed E-state index contributed by atoms with van der Waals surface area (Å²) in [6.45, 7) is 20.5. The van der Waals surface area contributed by atoms with Crippen molar-refractivity contribution in [3.05, 3.63) is 59.9 Å². The second kappa shape index (κ2) is 12.2. The van der Waals surface area contributed by atoms with Crippen LogP contribution in [0, 0.1) is 11.3 Å². The molecular formula is C37H57N2+. The predicted molar refractivity (Wildman–Crippen MR) is 169 cm³/mol. The van der Waals surface area contributed by atoms with Crippen LogP contribution in [0.5, 0.6) is 0 Å². The Kier molecular flexibility index (Phi) is 9.34. The Balaban J connectivity index is 1.82. The molecule has 0 saturated heterocycles. The van der Waals surface area contributed by atoms with Crippen LogP contribution in [0.3, 0.4) is 0 Å². The predicted octanol–water partition coefficient (Wildman–Crippen LogP) is 10.5. The van der Waals surface area contributed by atoms with Gasteiger partial charge in [-0.1, -0.05) is 106 Å². The summed E-state index contributed by atoms with van der Waals surface area (Å²) >= 11 is 0. The molecule has 214 valence electrons. The fourth-order valence-electron chi connectivity index (χ4n) is 7.35. The van der Waals surface area contributed by atoms with Crippen LogP contribution in [0.1, 0.15) is 137 Å². The molecule has 2 heteroatoms. The maximum absolute atomic E-state index is 2.64. The number of imidazole rings is 1. The van der Waals surface area contributed by atoms with Crippen LogP contribution in [0.4, 0.5) is 0 Å². The summed E-state index contributed by atoms with van der Waals surface area (Å²) in [5.41, 5.74) is 8.05. The number of hydrogen-bond donors (Lipinski definition) is 0. The van der Waals surface area contributed by atoms with Gasteiger partial charge in [0, 0.05) is 5.41 Å². The molecular weight excluding hydrogens is 472 g/mol. The monoisotopic (exact) mass is 529 g/mol. The van der Waals surface area contributed by atoms with E-state index in [0.29, 0.717) is 5.41 Å². The van der Waals surface area contributed by atoms with Gasteiger partial charge in [0.05, 0.1) is 6.54 Å². The van der Waals surface area contributed by atoms with Gasteiger partial charge in [-0.3, -0.25) is 0 Å². The third kappa shape index (κ3) is 6.15. The zero-order valence-corrected chi connectivity index (χ0v) is 26.6. The normalized spacial score (nSPS) is 19.8. The maximum Gasteiger partial charge on any atom is 0.250 e. The molecule has 39 heavy (non-hydrogen) atoms. The Morgan fingerprint density at radius 2 is 1.54 bits per heavy atom. The van der Waals surface area contributed by atoms with Gasteiger partial charge in [-0.25, -0.2) is 4.57 Å². The fraction of sp³-hybridized carbons (Fsp3) is 0.649. The average Bonchev–Trinajstić information content (AvgIpc) is 3.30. The van der Waals surface area contributed by atoms with E-state index in [9.17, 15) is 0 Å². The van der Waals surface area contributed by atoms with Crippen LogP contribution in [0.2, 0.25) is 0 Å². The topological polar surface area (TPSA) is 8.81 Å². The van der Waals surface area contributed by atoms with Crippen molar-refractivity contribution < 1.29 is 4.57 Å². The molecule has 0 amide bonds. The lowest BCUT2D eigenvalue weighted by Gasteiger charge is -2.44. The highest BCUT2D eigenvalue weighted by molar-refractivity contribution is 5.78. The Morgan fingerprint density at radius 1 is 0.872 bits per heavy atom. The van der Waals surface area contributed by atoms with Gasteiger partial charge in [0.25, 0.3) is 0 Å². The lowest BCUT2D eigenvalue weighted by Crippen LogP contribution is -2.43. The van der Waals surface area contributed by atoms with Gasteiger partial charge in [-0.05, 0) is 90.7 Å². The summed E-state index contributed by atoms with van der Waals surface area (Å²) in [6.07, 6.45) is 16.7. The molecule has 4 rings (SSSR count). The van der Waals surface area contributed by atoms with Gasteiger partial charge in [0.1, 0.15) is 5.69 Å². The van der Waals surface area contributed by atoms with Gasteiger partial charge < -0.3 is 0 Å². The van der Waals surface area contributed by atoms with Crippen LogP contribution >= 0.6 is 0 Å². The van der Waals surface area contributed by atoms with Crippen LogP contribution in [-0.4, -0.2) is 4.57 Å². The Hall–Kier alpha value is -2.09. The first-order valence-corrected chi connectivity index (χ1v) is 16.3. The van der Waals surface area contributed by atoms with E-state index >= 15 is 0 Å². The van der Waals surface area contributed by atoms with E-state index < -0.39 is 0 Å². The second-order valence-electron chi connectivity index (χ2n) is 14.0. The smallest absolute Gasteiger partial charge is 0.229 e. The van der Waals surface area contributed by atoms with Gasteiger partial charge in [0.2, 0.25) is 6.33 Å². The molecule has 0 fully saturated rings. The molecule has 2 nitrogen and oxygen atoms in total. The van der Waals surface area contributed by atoms with Crippen LogP contribution in [-0.2, 0) is 17.4 Å². The van der Waals surface area contributed by atoms with Crippen LogP contribution in [0.25, 0.3) is 16.7 Å². The molecule has 0 spiro atoms. The number of aromatic nitrogens is 2. The summed E-state index contributed by atoms with van der Waals surface area (Å²) in [4.78, 5) is 0. The number of rotatable bonds is 13. The Bertz CT molecular complexity index is 1200. The molecule has 2 unspecified atom stereocenters. The van der Waals surface area contributed by atoms with Crippen LogP contribution < -0.4 is 4.57 Å². The zero-order valence-electron chi connectivity index (χ0n) is 26.6. The molecule has 1 aromatic heterocycles. The molecule has 1 heterocycles. The third-order valence-electron chi connectivity index (χ3n) is 10.9. The summed E-state index contributed by atoms with van der Waals surface area (Å²) < 4.78 is 5.06. The van der Waals surface area contributed by atoms with E-state index in [1.165, 1.54) is 87.3 Å². The summed E-state index contributed by atoms with van der Waals surface area (Å²) in [5, 5.41) is 0. The van der Waals surface area contributed by atoms with Crippen molar-refractivity contribution in [3.8, 4) is 5.69 Å². The Labute approximate surface area is 240 Å². The first-order chi connectivity index (χ1) is 18.6. The second-order valence-corrected chi connectivity index (χ2v) is 14.0. The molecule has 0 saturated carbocycles. The van der Waals surface area contributed by atoms with Gasteiger partial charge >= 0.3 is 0 Å². The number of fused-ring (bicyclic) bond motifs is 2. The number of benzene rings is 2. The summed E-state index contributed by atoms with van der Waals surface area (Å²) in [6, 6.07) is 16.2. The number of para-hydroxylation sites is 1. The zero-order chi connectivity index (χ0) is 28.3.